The van der Waals surface area contributed by atoms with Crippen molar-refractivity contribution in [3.63, 3.8) is 0 Å². The van der Waals surface area contributed by atoms with Gasteiger partial charge in [-0.1, -0.05) is 48.5 Å². The Morgan fingerprint density at radius 3 is 2.33 bits per heavy atom. The first-order chi connectivity index (χ1) is 11.4. The van der Waals surface area contributed by atoms with Gasteiger partial charge in [-0.25, -0.2) is 13.2 Å². The molecule has 124 valence electrons. The zero-order valence-electron chi connectivity index (χ0n) is 13.0. The molecular formula is C18H16O5S. The fraction of sp³-hybridized carbons (Fsp3) is 0.167. The molecule has 0 aromatic heterocycles. The van der Waals surface area contributed by atoms with Crippen LogP contribution in [0.3, 0.4) is 0 Å². The third-order valence-electron chi connectivity index (χ3n) is 3.89. The van der Waals surface area contributed by atoms with Crippen LogP contribution in [0.5, 0.6) is 0 Å². The van der Waals surface area contributed by atoms with Crippen LogP contribution in [0.1, 0.15) is 17.2 Å². The lowest BCUT2D eigenvalue weighted by Crippen LogP contribution is -2.10. The first kappa shape index (κ1) is 16.4. The molecule has 2 aromatic carbocycles. The molecule has 1 aliphatic heterocycles. The molecule has 0 amide bonds. The summed E-state index contributed by atoms with van der Waals surface area (Å²) in [5.41, 5.74) is 1.41. The van der Waals surface area contributed by atoms with Crippen molar-refractivity contribution in [3.8, 4) is 0 Å². The number of hydrogen-bond donors (Lipinski definition) is 1. The van der Waals surface area contributed by atoms with Gasteiger partial charge in [0.1, 0.15) is 12.7 Å². The fourth-order valence-corrected chi connectivity index (χ4v) is 3.67. The molecule has 0 aliphatic carbocycles. The predicted molar refractivity (Wildman–Crippen MR) is 88.8 cm³/mol. The first-order valence-electron chi connectivity index (χ1n) is 7.32. The zero-order chi connectivity index (χ0) is 17.3. The van der Waals surface area contributed by atoms with Crippen LogP contribution in [-0.2, 0) is 19.4 Å². The summed E-state index contributed by atoms with van der Waals surface area (Å²) in [6, 6.07) is 15.1. The Balaban J connectivity index is 2.19. The molecule has 0 spiro atoms. The number of rotatable bonds is 4. The van der Waals surface area contributed by atoms with Gasteiger partial charge in [0.2, 0.25) is 0 Å². The molecule has 1 heterocycles. The number of esters is 1. The fourth-order valence-electron chi connectivity index (χ4n) is 2.76. The van der Waals surface area contributed by atoms with Crippen LogP contribution in [-0.4, -0.2) is 32.4 Å². The van der Waals surface area contributed by atoms with Gasteiger partial charge < -0.3 is 9.84 Å². The number of sulfone groups is 1. The number of benzene rings is 2. The molecule has 1 unspecified atom stereocenters. The third-order valence-corrected chi connectivity index (χ3v) is 5.05. The molecule has 2 aromatic rings. The van der Waals surface area contributed by atoms with Crippen molar-refractivity contribution < 1.29 is 23.1 Å². The Morgan fingerprint density at radius 2 is 1.67 bits per heavy atom. The van der Waals surface area contributed by atoms with Gasteiger partial charge in [0.25, 0.3) is 0 Å². The van der Waals surface area contributed by atoms with E-state index in [0.29, 0.717) is 16.7 Å². The largest absolute Gasteiger partial charge is 0.457 e. The minimum atomic E-state index is -3.48. The maximum atomic E-state index is 12.1. The van der Waals surface area contributed by atoms with Gasteiger partial charge in [-0.2, -0.15) is 0 Å². The van der Waals surface area contributed by atoms with Crippen molar-refractivity contribution in [1.82, 2.24) is 0 Å². The SMILES string of the molecule is CS(=O)(=O)c1ccccc1C1=C(C(O)c2ccccc2)C(=O)OC1. The molecule has 0 saturated heterocycles. The molecule has 1 N–H and O–H groups in total. The lowest BCUT2D eigenvalue weighted by atomic mass is 9.94. The van der Waals surface area contributed by atoms with Gasteiger partial charge in [-0.15, -0.1) is 0 Å². The number of aliphatic hydroxyl groups is 1. The smallest absolute Gasteiger partial charge is 0.337 e. The van der Waals surface area contributed by atoms with E-state index in [0.717, 1.165) is 6.26 Å². The van der Waals surface area contributed by atoms with Crippen LogP contribution in [0.15, 0.2) is 65.1 Å². The molecule has 24 heavy (non-hydrogen) atoms. The van der Waals surface area contributed by atoms with Crippen molar-refractivity contribution in [2.24, 2.45) is 0 Å². The van der Waals surface area contributed by atoms with Gasteiger partial charge in [0.05, 0.1) is 10.5 Å². The van der Waals surface area contributed by atoms with Gasteiger partial charge in [0.15, 0.2) is 9.84 Å². The van der Waals surface area contributed by atoms with E-state index in [1.165, 1.54) is 6.07 Å². The third kappa shape index (κ3) is 2.98. The van der Waals surface area contributed by atoms with Crippen LogP contribution in [0.2, 0.25) is 0 Å². The number of hydrogen-bond acceptors (Lipinski definition) is 5. The molecule has 1 aliphatic rings. The van der Waals surface area contributed by atoms with Crippen molar-refractivity contribution in [3.05, 3.63) is 71.3 Å². The Labute approximate surface area is 140 Å². The van der Waals surface area contributed by atoms with Crippen LogP contribution in [0.25, 0.3) is 5.57 Å². The Bertz CT molecular complexity index is 913. The van der Waals surface area contributed by atoms with Crippen LogP contribution in [0.4, 0.5) is 0 Å². The van der Waals surface area contributed by atoms with Gasteiger partial charge in [0, 0.05) is 17.4 Å². The minimum Gasteiger partial charge on any atom is -0.457 e. The van der Waals surface area contributed by atoms with E-state index < -0.39 is 21.9 Å². The molecule has 0 radical (unpaired) electrons. The van der Waals surface area contributed by atoms with E-state index in [2.05, 4.69) is 0 Å². The monoisotopic (exact) mass is 344 g/mol. The van der Waals surface area contributed by atoms with E-state index in [-0.39, 0.29) is 17.1 Å². The topological polar surface area (TPSA) is 80.7 Å². The second kappa shape index (κ2) is 6.22. The number of carbonyl (C=O) groups excluding carboxylic acids is 1. The summed E-state index contributed by atoms with van der Waals surface area (Å²) in [7, 11) is -3.48. The van der Waals surface area contributed by atoms with Crippen LogP contribution in [0, 0.1) is 0 Å². The molecule has 5 nitrogen and oxygen atoms in total. The number of ether oxygens (including phenoxy) is 1. The van der Waals surface area contributed by atoms with E-state index in [1.807, 2.05) is 0 Å². The molecule has 6 heteroatoms. The summed E-state index contributed by atoms with van der Waals surface area (Å²) >= 11 is 0. The Kier molecular flexibility index (Phi) is 4.26. The van der Waals surface area contributed by atoms with E-state index in [9.17, 15) is 18.3 Å². The van der Waals surface area contributed by atoms with Crippen molar-refractivity contribution in [2.75, 3.05) is 12.9 Å². The van der Waals surface area contributed by atoms with Gasteiger partial charge in [-0.05, 0) is 11.6 Å². The van der Waals surface area contributed by atoms with Crippen molar-refractivity contribution in [1.29, 1.82) is 0 Å². The van der Waals surface area contributed by atoms with E-state index in [4.69, 9.17) is 4.74 Å². The van der Waals surface area contributed by atoms with Crippen molar-refractivity contribution >= 4 is 21.4 Å². The lowest BCUT2D eigenvalue weighted by Gasteiger charge is -2.14. The van der Waals surface area contributed by atoms with E-state index in [1.54, 1.807) is 48.5 Å². The highest BCUT2D eigenvalue weighted by Gasteiger charge is 2.33. The minimum absolute atomic E-state index is 0.0649. The number of aliphatic hydroxyl groups excluding tert-OH is 1. The van der Waals surface area contributed by atoms with Crippen LogP contribution < -0.4 is 0 Å². The lowest BCUT2D eigenvalue weighted by molar-refractivity contribution is -0.136. The molecule has 0 fully saturated rings. The molecule has 3 rings (SSSR count). The average Bonchev–Trinajstić information content (AvgIpc) is 2.95. The summed E-state index contributed by atoms with van der Waals surface area (Å²) in [4.78, 5) is 12.3. The first-order valence-corrected chi connectivity index (χ1v) is 9.21. The summed E-state index contributed by atoms with van der Waals surface area (Å²) < 4.78 is 29.1. The average molecular weight is 344 g/mol. The second-order valence-electron chi connectivity index (χ2n) is 5.55. The molecule has 0 bridgehead atoms. The normalized spacial score (nSPS) is 16.2. The van der Waals surface area contributed by atoms with Gasteiger partial charge in [-0.3, -0.25) is 0 Å². The number of carbonyl (C=O) groups is 1. The zero-order valence-corrected chi connectivity index (χ0v) is 13.8. The predicted octanol–water partition coefficient (Wildman–Crippen LogP) is 2.13. The highest BCUT2D eigenvalue weighted by Crippen LogP contribution is 2.36. The highest BCUT2D eigenvalue weighted by atomic mass is 32.2. The molecular weight excluding hydrogens is 328 g/mol. The standard InChI is InChI=1S/C18H16O5S/c1-24(21,22)15-10-6-5-9-13(15)14-11-23-18(20)16(14)17(19)12-7-3-2-4-8-12/h2-10,17,19H,11H2,1H3. The number of cyclic esters (lactones) is 1. The van der Waals surface area contributed by atoms with Gasteiger partial charge >= 0.3 is 5.97 Å². The Morgan fingerprint density at radius 1 is 1.04 bits per heavy atom. The maximum absolute atomic E-state index is 12.1. The quantitative estimate of drug-likeness (QED) is 0.860. The summed E-state index contributed by atoms with van der Waals surface area (Å²) in [5.74, 6) is -0.635. The highest BCUT2D eigenvalue weighted by molar-refractivity contribution is 7.90. The van der Waals surface area contributed by atoms with Crippen LogP contribution >= 0.6 is 0 Å². The molecule has 0 saturated carbocycles. The second-order valence-corrected chi connectivity index (χ2v) is 7.53. The summed E-state index contributed by atoms with van der Waals surface area (Å²) in [6.07, 6.45) is -0.0686. The maximum Gasteiger partial charge on any atom is 0.337 e. The Hall–Kier alpha value is -2.44. The summed E-state index contributed by atoms with van der Waals surface area (Å²) in [5, 5.41) is 10.6. The van der Waals surface area contributed by atoms with E-state index >= 15 is 0 Å². The molecule has 1 atom stereocenters. The summed E-state index contributed by atoms with van der Waals surface area (Å²) in [6.45, 7) is -0.0649. The van der Waals surface area contributed by atoms with Crippen molar-refractivity contribution in [2.45, 2.75) is 11.0 Å².